The maximum Gasteiger partial charge on any atom is 0.241 e. The van der Waals surface area contributed by atoms with Crippen LogP contribution in [0.4, 0.5) is 5.69 Å². The quantitative estimate of drug-likeness (QED) is 0.720. The van der Waals surface area contributed by atoms with Gasteiger partial charge in [-0.1, -0.05) is 12.5 Å². The van der Waals surface area contributed by atoms with Crippen LogP contribution >= 0.6 is 0 Å². The number of rotatable bonds is 4. The van der Waals surface area contributed by atoms with Gasteiger partial charge in [0, 0.05) is 18.3 Å². The summed E-state index contributed by atoms with van der Waals surface area (Å²) < 4.78 is 27.4. The van der Waals surface area contributed by atoms with E-state index in [4.69, 9.17) is 5.73 Å². The van der Waals surface area contributed by atoms with Crippen molar-refractivity contribution in [2.45, 2.75) is 37.1 Å². The van der Waals surface area contributed by atoms with E-state index in [9.17, 15) is 13.5 Å². The smallest absolute Gasteiger partial charge is 0.241 e. The molecule has 1 aromatic carbocycles. The molecule has 0 radical (unpaired) electrons. The molecule has 19 heavy (non-hydrogen) atoms. The molecular weight excluding hydrogens is 264 g/mol. The Morgan fingerprint density at radius 2 is 2.16 bits per heavy atom. The van der Waals surface area contributed by atoms with Gasteiger partial charge in [0.05, 0.1) is 4.90 Å². The number of nitrogen functional groups attached to an aromatic ring is 1. The summed E-state index contributed by atoms with van der Waals surface area (Å²) in [6, 6.07) is 4.67. The molecule has 6 heteroatoms. The summed E-state index contributed by atoms with van der Waals surface area (Å²) in [6.07, 6.45) is 2.57. The molecule has 1 saturated carbocycles. The number of aliphatic hydroxyl groups is 1. The van der Waals surface area contributed by atoms with E-state index in [1.807, 2.05) is 0 Å². The van der Waals surface area contributed by atoms with Crippen molar-refractivity contribution in [3.63, 3.8) is 0 Å². The fourth-order valence-corrected chi connectivity index (χ4v) is 4.20. The van der Waals surface area contributed by atoms with Crippen LogP contribution in [-0.2, 0) is 10.0 Å². The zero-order valence-corrected chi connectivity index (χ0v) is 11.8. The fourth-order valence-electron chi connectivity index (χ4n) is 2.58. The molecule has 0 bridgehead atoms. The van der Waals surface area contributed by atoms with E-state index in [2.05, 4.69) is 4.72 Å². The Morgan fingerprint density at radius 1 is 1.42 bits per heavy atom. The first-order chi connectivity index (χ1) is 8.94. The van der Waals surface area contributed by atoms with Gasteiger partial charge < -0.3 is 10.8 Å². The molecule has 1 aliphatic carbocycles. The van der Waals surface area contributed by atoms with E-state index in [1.165, 1.54) is 6.07 Å². The first-order valence-electron chi connectivity index (χ1n) is 6.43. The van der Waals surface area contributed by atoms with Crippen molar-refractivity contribution in [1.29, 1.82) is 0 Å². The van der Waals surface area contributed by atoms with Crippen molar-refractivity contribution >= 4 is 15.7 Å². The highest BCUT2D eigenvalue weighted by Crippen LogP contribution is 2.27. The molecule has 2 unspecified atom stereocenters. The Bertz CT molecular complexity index is 557. The van der Waals surface area contributed by atoms with Crippen molar-refractivity contribution in [2.24, 2.45) is 5.92 Å². The first-order valence-corrected chi connectivity index (χ1v) is 7.91. The molecule has 1 fully saturated rings. The van der Waals surface area contributed by atoms with E-state index in [-0.39, 0.29) is 23.5 Å². The third-order valence-electron chi connectivity index (χ3n) is 3.70. The first kappa shape index (κ1) is 14.3. The van der Waals surface area contributed by atoms with E-state index in [1.54, 1.807) is 19.1 Å². The molecule has 0 saturated heterocycles. The van der Waals surface area contributed by atoms with Crippen LogP contribution in [0.5, 0.6) is 0 Å². The van der Waals surface area contributed by atoms with Crippen LogP contribution in [0.3, 0.4) is 0 Å². The van der Waals surface area contributed by atoms with Gasteiger partial charge in [0.2, 0.25) is 10.0 Å². The molecular formula is C13H20N2O3S. The predicted octanol–water partition coefficient (Wildman–Crippen LogP) is 1.02. The second-order valence-corrected chi connectivity index (χ2v) is 6.81. The number of hydrogen-bond acceptors (Lipinski definition) is 4. The minimum atomic E-state index is -3.58. The van der Waals surface area contributed by atoms with E-state index < -0.39 is 10.0 Å². The number of nitrogens with two attached hydrogens (primary N) is 1. The largest absolute Gasteiger partial charge is 0.399 e. The van der Waals surface area contributed by atoms with Crippen molar-refractivity contribution < 1.29 is 13.5 Å². The van der Waals surface area contributed by atoms with Gasteiger partial charge in [0.15, 0.2) is 0 Å². The van der Waals surface area contributed by atoms with Crippen molar-refractivity contribution in [3.8, 4) is 0 Å². The zero-order chi connectivity index (χ0) is 14.0. The van der Waals surface area contributed by atoms with Crippen LogP contribution in [0.25, 0.3) is 0 Å². The summed E-state index contributed by atoms with van der Waals surface area (Å²) in [5.74, 6) is 0.0103. The molecule has 4 N–H and O–H groups in total. The number of aliphatic hydroxyl groups excluding tert-OH is 1. The monoisotopic (exact) mass is 284 g/mol. The van der Waals surface area contributed by atoms with Crippen LogP contribution in [-0.4, -0.2) is 26.2 Å². The Labute approximate surface area is 113 Å². The van der Waals surface area contributed by atoms with Gasteiger partial charge in [-0.15, -0.1) is 0 Å². The molecule has 0 aliphatic heterocycles. The molecule has 0 spiro atoms. The molecule has 0 heterocycles. The van der Waals surface area contributed by atoms with Crippen LogP contribution in [0, 0.1) is 12.8 Å². The lowest BCUT2D eigenvalue weighted by molar-refractivity contribution is 0.213. The molecule has 106 valence electrons. The summed E-state index contributed by atoms with van der Waals surface area (Å²) in [5, 5.41) is 9.25. The van der Waals surface area contributed by atoms with Gasteiger partial charge in [-0.05, 0) is 43.4 Å². The topological polar surface area (TPSA) is 92.4 Å². The molecule has 0 aromatic heterocycles. The zero-order valence-electron chi connectivity index (χ0n) is 11.0. The van der Waals surface area contributed by atoms with Crippen LogP contribution in [0.1, 0.15) is 24.8 Å². The van der Waals surface area contributed by atoms with E-state index in [0.29, 0.717) is 11.3 Å². The summed E-state index contributed by atoms with van der Waals surface area (Å²) >= 11 is 0. The van der Waals surface area contributed by atoms with Crippen molar-refractivity contribution in [1.82, 2.24) is 4.72 Å². The molecule has 1 aromatic rings. The normalized spacial score (nSPS) is 23.7. The average Bonchev–Trinajstić information content (AvgIpc) is 2.78. The number of nitrogens with one attached hydrogen (secondary N) is 1. The molecule has 2 rings (SSSR count). The lowest BCUT2D eigenvalue weighted by atomic mass is 10.1. The maximum absolute atomic E-state index is 12.4. The van der Waals surface area contributed by atoms with Crippen LogP contribution < -0.4 is 10.5 Å². The van der Waals surface area contributed by atoms with Gasteiger partial charge in [-0.2, -0.15) is 0 Å². The highest BCUT2D eigenvalue weighted by Gasteiger charge is 2.31. The number of sulfonamides is 1. The van der Waals surface area contributed by atoms with Gasteiger partial charge in [-0.25, -0.2) is 13.1 Å². The van der Waals surface area contributed by atoms with Crippen LogP contribution in [0.15, 0.2) is 23.1 Å². The maximum atomic E-state index is 12.4. The highest BCUT2D eigenvalue weighted by atomic mass is 32.2. The number of anilines is 1. The van der Waals surface area contributed by atoms with E-state index >= 15 is 0 Å². The van der Waals surface area contributed by atoms with Crippen molar-refractivity contribution in [2.75, 3.05) is 12.3 Å². The van der Waals surface area contributed by atoms with E-state index in [0.717, 1.165) is 19.3 Å². The number of hydrogen-bond donors (Lipinski definition) is 3. The SMILES string of the molecule is Cc1ccc(N)cc1S(=O)(=O)NC1CCCC1CO. The molecule has 5 nitrogen and oxygen atoms in total. The Balaban J connectivity index is 2.25. The summed E-state index contributed by atoms with van der Waals surface area (Å²) in [4.78, 5) is 0.219. The highest BCUT2D eigenvalue weighted by molar-refractivity contribution is 7.89. The summed E-state index contributed by atoms with van der Waals surface area (Å²) in [7, 11) is -3.58. The van der Waals surface area contributed by atoms with Gasteiger partial charge in [0.1, 0.15) is 0 Å². The van der Waals surface area contributed by atoms with Crippen LogP contribution in [0.2, 0.25) is 0 Å². The Kier molecular flexibility index (Phi) is 4.13. The summed E-state index contributed by atoms with van der Waals surface area (Å²) in [6.45, 7) is 1.76. The predicted molar refractivity (Wildman–Crippen MR) is 74.1 cm³/mol. The van der Waals surface area contributed by atoms with Gasteiger partial charge in [0.25, 0.3) is 0 Å². The second kappa shape index (κ2) is 5.48. The molecule has 2 atom stereocenters. The van der Waals surface area contributed by atoms with Crippen molar-refractivity contribution in [3.05, 3.63) is 23.8 Å². The number of benzene rings is 1. The molecule has 1 aliphatic rings. The third-order valence-corrected chi connectivity index (χ3v) is 5.33. The third kappa shape index (κ3) is 3.08. The second-order valence-electron chi connectivity index (χ2n) is 5.13. The summed E-state index contributed by atoms with van der Waals surface area (Å²) in [5.41, 5.74) is 6.75. The minimum Gasteiger partial charge on any atom is -0.399 e. The molecule has 0 amide bonds. The lowest BCUT2D eigenvalue weighted by Gasteiger charge is -2.19. The Hall–Kier alpha value is -1.11. The minimum absolute atomic E-state index is 0.0103. The number of aryl methyl sites for hydroxylation is 1. The standard InChI is InChI=1S/C13H20N2O3S/c1-9-5-6-11(14)7-13(9)19(17,18)15-12-4-2-3-10(12)8-16/h5-7,10,12,15-16H,2-4,8,14H2,1H3. The van der Waals surface area contributed by atoms with Gasteiger partial charge >= 0.3 is 0 Å². The Morgan fingerprint density at radius 3 is 2.84 bits per heavy atom. The average molecular weight is 284 g/mol. The van der Waals surface area contributed by atoms with Gasteiger partial charge in [-0.3, -0.25) is 0 Å². The fraction of sp³-hybridized carbons (Fsp3) is 0.538. The lowest BCUT2D eigenvalue weighted by Crippen LogP contribution is -2.38.